The number of aromatic nitrogens is 4. The third-order valence-electron chi connectivity index (χ3n) is 6.93. The molecule has 0 atom stereocenters. The van der Waals surface area contributed by atoms with Crippen LogP contribution in [0.3, 0.4) is 0 Å². The molecule has 8 nitrogen and oxygen atoms in total. The van der Waals surface area contributed by atoms with Crippen molar-refractivity contribution in [3.63, 3.8) is 0 Å². The Labute approximate surface area is 221 Å². The van der Waals surface area contributed by atoms with Gasteiger partial charge in [-0.2, -0.15) is 0 Å². The summed E-state index contributed by atoms with van der Waals surface area (Å²) < 4.78 is 2.04. The van der Waals surface area contributed by atoms with Crippen LogP contribution in [0.5, 0.6) is 0 Å². The van der Waals surface area contributed by atoms with E-state index in [0.717, 1.165) is 46.9 Å². The van der Waals surface area contributed by atoms with Crippen molar-refractivity contribution in [1.82, 2.24) is 24.8 Å². The van der Waals surface area contributed by atoms with Gasteiger partial charge in [-0.05, 0) is 73.4 Å². The number of piperidine rings is 1. The zero-order chi connectivity index (χ0) is 25.9. The van der Waals surface area contributed by atoms with Crippen LogP contribution in [0.1, 0.15) is 35.2 Å². The van der Waals surface area contributed by atoms with E-state index in [-0.39, 0.29) is 5.91 Å². The summed E-state index contributed by atoms with van der Waals surface area (Å²) in [5.41, 5.74) is 11.1. The highest BCUT2D eigenvalue weighted by atomic mass is 16.1. The lowest BCUT2D eigenvalue weighted by Gasteiger charge is -2.27. The highest BCUT2D eigenvalue weighted by Crippen LogP contribution is 2.31. The van der Waals surface area contributed by atoms with Gasteiger partial charge in [-0.3, -0.25) is 9.36 Å². The number of carbonyl (C=O) groups is 1. The lowest BCUT2D eigenvalue weighted by molar-refractivity contribution is 0.0951. The van der Waals surface area contributed by atoms with Crippen molar-refractivity contribution in [2.75, 3.05) is 23.7 Å². The molecule has 0 unspecified atom stereocenters. The number of nitrogen functional groups attached to an aromatic ring is 1. The standard InChI is InChI=1S/C30H29N7O/c31-27-24(10-7-17-32-27)28-34-25-15-16-26(36-18-5-2-6-19-36)35-29(25)37(28)23-13-11-21(12-14-23)20-33-30(38)22-8-3-1-4-9-22/h1,3-4,7-17H,2,5-6,18-20H2,(H2,31,32)(H,33,38). The van der Waals surface area contributed by atoms with E-state index in [4.69, 9.17) is 15.7 Å². The third-order valence-corrected chi connectivity index (χ3v) is 6.93. The van der Waals surface area contributed by atoms with Gasteiger partial charge in [-0.15, -0.1) is 0 Å². The second kappa shape index (κ2) is 10.3. The van der Waals surface area contributed by atoms with Crippen LogP contribution in [0.25, 0.3) is 28.2 Å². The molecule has 190 valence electrons. The van der Waals surface area contributed by atoms with Gasteiger partial charge in [0.25, 0.3) is 5.91 Å². The van der Waals surface area contributed by atoms with Gasteiger partial charge in [0, 0.05) is 37.1 Å². The molecule has 3 aromatic heterocycles. The van der Waals surface area contributed by atoms with Gasteiger partial charge < -0.3 is 16.0 Å². The summed E-state index contributed by atoms with van der Waals surface area (Å²) in [5, 5.41) is 2.99. The van der Waals surface area contributed by atoms with Crippen LogP contribution in [-0.4, -0.2) is 38.5 Å². The fraction of sp³-hybridized carbons (Fsp3) is 0.200. The molecule has 4 heterocycles. The largest absolute Gasteiger partial charge is 0.383 e. The van der Waals surface area contributed by atoms with E-state index in [0.29, 0.717) is 23.8 Å². The molecule has 1 aliphatic rings. The first-order valence-corrected chi connectivity index (χ1v) is 13.0. The Bertz CT molecular complexity index is 1570. The number of amides is 1. The number of anilines is 2. The lowest BCUT2D eigenvalue weighted by atomic mass is 10.1. The Balaban J connectivity index is 1.36. The van der Waals surface area contributed by atoms with E-state index >= 15 is 0 Å². The van der Waals surface area contributed by atoms with Crippen molar-refractivity contribution >= 4 is 28.7 Å². The monoisotopic (exact) mass is 503 g/mol. The normalized spacial score (nSPS) is 13.5. The number of hydrogen-bond donors (Lipinski definition) is 2. The number of carbonyl (C=O) groups excluding carboxylic acids is 1. The number of imidazole rings is 1. The van der Waals surface area contributed by atoms with Crippen molar-refractivity contribution < 1.29 is 4.79 Å². The zero-order valence-corrected chi connectivity index (χ0v) is 21.0. The minimum absolute atomic E-state index is 0.0981. The number of nitrogens with two attached hydrogens (primary N) is 1. The molecule has 0 radical (unpaired) electrons. The SMILES string of the molecule is Nc1ncccc1-c1nc2ccc(N3CCCCC3)nc2n1-c1ccc(CNC(=O)c2ccccc2)cc1. The molecular formula is C30H29N7O. The fourth-order valence-electron chi connectivity index (χ4n) is 4.92. The highest BCUT2D eigenvalue weighted by Gasteiger charge is 2.20. The summed E-state index contributed by atoms with van der Waals surface area (Å²) in [6.45, 7) is 2.45. The van der Waals surface area contributed by atoms with Crippen molar-refractivity contribution in [2.45, 2.75) is 25.8 Å². The molecule has 1 aliphatic heterocycles. The van der Waals surface area contributed by atoms with Crippen LogP contribution >= 0.6 is 0 Å². The van der Waals surface area contributed by atoms with E-state index in [1.807, 2.05) is 65.2 Å². The number of benzene rings is 2. The molecular weight excluding hydrogens is 474 g/mol. The summed E-state index contributed by atoms with van der Waals surface area (Å²) in [5.74, 6) is 1.97. The first-order chi connectivity index (χ1) is 18.7. The Morgan fingerprint density at radius 2 is 1.66 bits per heavy atom. The van der Waals surface area contributed by atoms with Crippen molar-refractivity contribution in [1.29, 1.82) is 0 Å². The zero-order valence-electron chi connectivity index (χ0n) is 21.0. The van der Waals surface area contributed by atoms with Crippen LogP contribution in [0.4, 0.5) is 11.6 Å². The first kappa shape index (κ1) is 23.7. The van der Waals surface area contributed by atoms with Crippen molar-refractivity contribution in [3.05, 3.63) is 96.2 Å². The minimum Gasteiger partial charge on any atom is -0.383 e. The average molecular weight is 504 g/mol. The van der Waals surface area contributed by atoms with E-state index in [1.54, 1.807) is 18.3 Å². The lowest BCUT2D eigenvalue weighted by Crippen LogP contribution is -2.30. The van der Waals surface area contributed by atoms with Crippen LogP contribution in [-0.2, 0) is 6.54 Å². The smallest absolute Gasteiger partial charge is 0.251 e. The molecule has 1 amide bonds. The van der Waals surface area contributed by atoms with E-state index in [9.17, 15) is 4.79 Å². The fourth-order valence-corrected chi connectivity index (χ4v) is 4.92. The Hall–Kier alpha value is -4.72. The molecule has 2 aromatic carbocycles. The molecule has 5 aromatic rings. The summed E-state index contributed by atoms with van der Waals surface area (Å²) in [6.07, 6.45) is 5.30. The highest BCUT2D eigenvalue weighted by molar-refractivity contribution is 5.94. The summed E-state index contributed by atoms with van der Waals surface area (Å²) in [7, 11) is 0. The van der Waals surface area contributed by atoms with Gasteiger partial charge in [0.2, 0.25) is 0 Å². The maximum atomic E-state index is 12.5. The topological polar surface area (TPSA) is 102 Å². The second-order valence-electron chi connectivity index (χ2n) is 9.48. The molecule has 3 N–H and O–H groups in total. The van der Waals surface area contributed by atoms with Gasteiger partial charge in [0.05, 0.1) is 5.56 Å². The predicted molar refractivity (Wildman–Crippen MR) is 150 cm³/mol. The summed E-state index contributed by atoms with van der Waals surface area (Å²) in [4.78, 5) is 29.1. The number of fused-ring (bicyclic) bond motifs is 1. The third kappa shape index (κ3) is 4.68. The van der Waals surface area contributed by atoms with Gasteiger partial charge in [0.15, 0.2) is 11.5 Å². The minimum atomic E-state index is -0.0981. The number of rotatable bonds is 6. The van der Waals surface area contributed by atoms with E-state index in [1.165, 1.54) is 19.3 Å². The van der Waals surface area contributed by atoms with E-state index < -0.39 is 0 Å². The van der Waals surface area contributed by atoms with Crippen molar-refractivity contribution in [3.8, 4) is 17.1 Å². The van der Waals surface area contributed by atoms with Crippen LogP contribution < -0.4 is 16.0 Å². The maximum absolute atomic E-state index is 12.5. The average Bonchev–Trinajstić information content (AvgIpc) is 3.36. The predicted octanol–water partition coefficient (Wildman–Crippen LogP) is 4.99. The number of pyridine rings is 2. The molecule has 0 aliphatic carbocycles. The number of nitrogens with one attached hydrogen (secondary N) is 1. The molecule has 8 heteroatoms. The summed E-state index contributed by atoms with van der Waals surface area (Å²) >= 11 is 0. The van der Waals surface area contributed by atoms with E-state index in [2.05, 4.69) is 21.3 Å². The van der Waals surface area contributed by atoms with Gasteiger partial charge >= 0.3 is 0 Å². The number of nitrogens with zero attached hydrogens (tertiary/aromatic N) is 5. The Morgan fingerprint density at radius 3 is 2.42 bits per heavy atom. The summed E-state index contributed by atoms with van der Waals surface area (Å²) in [6, 6.07) is 25.2. The van der Waals surface area contributed by atoms with Crippen LogP contribution in [0, 0.1) is 0 Å². The maximum Gasteiger partial charge on any atom is 0.251 e. The Morgan fingerprint density at radius 1 is 0.868 bits per heavy atom. The molecule has 38 heavy (non-hydrogen) atoms. The molecule has 6 rings (SSSR count). The molecule has 0 spiro atoms. The molecule has 0 saturated carbocycles. The molecule has 0 bridgehead atoms. The quantitative estimate of drug-likeness (QED) is 0.339. The number of hydrogen-bond acceptors (Lipinski definition) is 6. The van der Waals surface area contributed by atoms with Gasteiger partial charge in [-0.1, -0.05) is 30.3 Å². The Kier molecular flexibility index (Phi) is 6.44. The van der Waals surface area contributed by atoms with Crippen LogP contribution in [0.2, 0.25) is 0 Å². The van der Waals surface area contributed by atoms with Crippen LogP contribution in [0.15, 0.2) is 85.1 Å². The van der Waals surface area contributed by atoms with Gasteiger partial charge in [0.1, 0.15) is 17.2 Å². The second-order valence-corrected chi connectivity index (χ2v) is 9.48. The first-order valence-electron chi connectivity index (χ1n) is 13.0. The van der Waals surface area contributed by atoms with Crippen molar-refractivity contribution in [2.24, 2.45) is 0 Å². The molecule has 1 saturated heterocycles. The molecule has 1 fully saturated rings. The van der Waals surface area contributed by atoms with Gasteiger partial charge in [-0.25, -0.2) is 15.0 Å².